The quantitative estimate of drug-likeness (QED) is 0.281. The van der Waals surface area contributed by atoms with Crippen LogP contribution in [0.1, 0.15) is 18.4 Å². The zero-order valence-electron chi connectivity index (χ0n) is 18.6. The maximum atomic E-state index is 13.0. The van der Waals surface area contributed by atoms with Gasteiger partial charge in [-0.15, -0.1) is 0 Å². The third-order valence-electron chi connectivity index (χ3n) is 6.23. The van der Waals surface area contributed by atoms with Gasteiger partial charge in [-0.1, -0.05) is 18.2 Å². The molecular weight excluding hydrogens is 433 g/mol. The van der Waals surface area contributed by atoms with Crippen LogP contribution in [-0.4, -0.2) is 52.6 Å². The van der Waals surface area contributed by atoms with Crippen LogP contribution < -0.4 is 4.90 Å². The number of fused-ring (bicyclic) bond motifs is 1. The molecular formula is C26H28FN5S. The van der Waals surface area contributed by atoms with E-state index in [0.29, 0.717) is 5.16 Å². The molecule has 5 nitrogen and oxygen atoms in total. The molecule has 1 fully saturated rings. The molecule has 1 aliphatic rings. The first-order valence-electron chi connectivity index (χ1n) is 11.5. The van der Waals surface area contributed by atoms with E-state index in [9.17, 15) is 4.39 Å². The van der Waals surface area contributed by atoms with E-state index in [-0.39, 0.29) is 0 Å². The third-order valence-corrected chi connectivity index (χ3v) is 7.13. The number of aromatic amines is 1. The summed E-state index contributed by atoms with van der Waals surface area (Å²) in [6.07, 6.45) is 8.16. The van der Waals surface area contributed by atoms with Crippen molar-refractivity contribution >= 4 is 28.4 Å². The van der Waals surface area contributed by atoms with Gasteiger partial charge in [0, 0.05) is 53.9 Å². The maximum Gasteiger partial charge on any atom is 0.192 e. The highest BCUT2D eigenvalue weighted by atomic mass is 32.2. The number of nitrogens with one attached hydrogen (secondary N) is 1. The summed E-state index contributed by atoms with van der Waals surface area (Å²) in [7, 11) is 0. The monoisotopic (exact) mass is 461 g/mol. The Morgan fingerprint density at radius 3 is 2.45 bits per heavy atom. The van der Waals surface area contributed by atoms with E-state index in [4.69, 9.17) is 0 Å². The van der Waals surface area contributed by atoms with Crippen LogP contribution >= 0.6 is 11.8 Å². The highest BCUT2D eigenvalue weighted by Gasteiger charge is 2.17. The Labute approximate surface area is 198 Å². The molecule has 0 saturated carbocycles. The molecule has 1 N–H and O–H groups in total. The summed E-state index contributed by atoms with van der Waals surface area (Å²) < 4.78 is 13.0. The van der Waals surface area contributed by atoms with E-state index in [2.05, 4.69) is 79.5 Å². The predicted molar refractivity (Wildman–Crippen MR) is 132 cm³/mol. The topological polar surface area (TPSA) is 48.1 Å². The number of halogens is 1. The van der Waals surface area contributed by atoms with Crippen molar-refractivity contribution in [2.45, 2.75) is 29.3 Å². The number of rotatable bonds is 8. The van der Waals surface area contributed by atoms with Crippen molar-refractivity contribution in [2.24, 2.45) is 0 Å². The normalized spacial score (nSPS) is 14.8. The molecule has 3 heterocycles. The number of piperazine rings is 1. The van der Waals surface area contributed by atoms with Crippen LogP contribution in [0.15, 0.2) is 77.2 Å². The van der Waals surface area contributed by atoms with Crippen LogP contribution in [0.2, 0.25) is 0 Å². The van der Waals surface area contributed by atoms with E-state index in [1.54, 1.807) is 0 Å². The molecule has 33 heavy (non-hydrogen) atoms. The number of para-hydroxylation sites is 1. The number of H-pyrrole nitrogens is 1. The molecule has 0 atom stereocenters. The van der Waals surface area contributed by atoms with Crippen molar-refractivity contribution < 1.29 is 4.39 Å². The molecule has 0 radical (unpaired) electrons. The molecule has 170 valence electrons. The van der Waals surface area contributed by atoms with E-state index in [0.717, 1.165) is 37.5 Å². The van der Waals surface area contributed by atoms with Crippen LogP contribution in [0.4, 0.5) is 10.1 Å². The summed E-state index contributed by atoms with van der Waals surface area (Å²) in [6.45, 7) is 5.48. The van der Waals surface area contributed by atoms with Crippen molar-refractivity contribution in [1.82, 2.24) is 19.9 Å². The summed E-state index contributed by atoms with van der Waals surface area (Å²) in [5, 5.41) is 1.92. The molecule has 1 saturated heterocycles. The second kappa shape index (κ2) is 10.4. The number of anilines is 1. The number of hydrogen-bond acceptors (Lipinski definition) is 5. The first-order valence-corrected chi connectivity index (χ1v) is 12.3. The zero-order valence-corrected chi connectivity index (χ0v) is 19.4. The molecule has 7 heteroatoms. The number of benzene rings is 2. The van der Waals surface area contributed by atoms with Crippen molar-refractivity contribution in [3.8, 4) is 0 Å². The molecule has 2 aromatic heterocycles. The number of hydrogen-bond donors (Lipinski definition) is 1. The van der Waals surface area contributed by atoms with Gasteiger partial charge in [0.25, 0.3) is 0 Å². The third kappa shape index (κ3) is 5.54. The van der Waals surface area contributed by atoms with Crippen molar-refractivity contribution in [3.05, 3.63) is 78.5 Å². The number of aromatic nitrogens is 3. The highest BCUT2D eigenvalue weighted by Crippen LogP contribution is 2.27. The summed E-state index contributed by atoms with van der Waals surface area (Å²) in [4.78, 5) is 17.5. The average Bonchev–Trinajstić information content (AvgIpc) is 3.27. The minimum Gasteiger partial charge on any atom is -0.369 e. The first kappa shape index (κ1) is 21.9. The number of unbranched alkanes of at least 4 members (excludes halogenated alkanes) is 1. The van der Waals surface area contributed by atoms with Crippen molar-refractivity contribution in [3.63, 3.8) is 0 Å². The van der Waals surface area contributed by atoms with Gasteiger partial charge in [0.05, 0.1) is 12.4 Å². The lowest BCUT2D eigenvalue weighted by molar-refractivity contribution is 0.253. The van der Waals surface area contributed by atoms with Gasteiger partial charge >= 0.3 is 0 Å². The fourth-order valence-corrected chi connectivity index (χ4v) is 5.10. The Morgan fingerprint density at radius 2 is 1.67 bits per heavy atom. The lowest BCUT2D eigenvalue weighted by atomic mass is 10.1. The van der Waals surface area contributed by atoms with Gasteiger partial charge in [-0.25, -0.2) is 14.4 Å². The van der Waals surface area contributed by atoms with Gasteiger partial charge in [0.2, 0.25) is 0 Å². The van der Waals surface area contributed by atoms with Crippen LogP contribution in [-0.2, 0) is 6.42 Å². The zero-order chi connectivity index (χ0) is 22.5. The predicted octanol–water partition coefficient (Wildman–Crippen LogP) is 5.39. The Kier molecular flexibility index (Phi) is 6.88. The molecule has 0 amide bonds. The molecule has 4 aromatic rings. The highest BCUT2D eigenvalue weighted by molar-refractivity contribution is 7.99. The van der Waals surface area contributed by atoms with Crippen LogP contribution in [0, 0.1) is 5.82 Å². The molecule has 0 aliphatic carbocycles. The van der Waals surface area contributed by atoms with Gasteiger partial charge in [-0.2, -0.15) is 0 Å². The minimum absolute atomic E-state index is 0.414. The summed E-state index contributed by atoms with van der Waals surface area (Å²) in [5.41, 5.74) is 3.92. The van der Waals surface area contributed by atoms with Gasteiger partial charge in [0.15, 0.2) is 11.0 Å². The molecule has 0 unspecified atom stereocenters. The van der Waals surface area contributed by atoms with Gasteiger partial charge in [0.1, 0.15) is 0 Å². The minimum atomic E-state index is -0.414. The Balaban J connectivity index is 1.05. The van der Waals surface area contributed by atoms with E-state index in [1.165, 1.54) is 65.7 Å². The number of aryl methyl sites for hydroxylation is 1. The van der Waals surface area contributed by atoms with Crippen molar-refractivity contribution in [2.75, 3.05) is 37.6 Å². The largest absolute Gasteiger partial charge is 0.369 e. The van der Waals surface area contributed by atoms with Gasteiger partial charge in [-0.05, 0) is 73.5 Å². The summed E-state index contributed by atoms with van der Waals surface area (Å²) >= 11 is 1.45. The summed E-state index contributed by atoms with van der Waals surface area (Å²) in [6, 6.07) is 17.0. The Hall–Kier alpha value is -2.90. The van der Waals surface area contributed by atoms with E-state index < -0.39 is 5.82 Å². The van der Waals surface area contributed by atoms with Crippen LogP contribution in [0.3, 0.4) is 0 Å². The smallest absolute Gasteiger partial charge is 0.192 e. The summed E-state index contributed by atoms with van der Waals surface area (Å²) in [5.74, 6) is -0.414. The maximum absolute atomic E-state index is 13.0. The molecule has 5 rings (SSSR count). The molecule has 1 aliphatic heterocycles. The average molecular weight is 462 g/mol. The Bertz CT molecular complexity index is 1170. The lowest BCUT2D eigenvalue weighted by Crippen LogP contribution is -2.46. The fourth-order valence-electron chi connectivity index (χ4n) is 4.40. The number of nitrogens with zero attached hydrogens (tertiary/aromatic N) is 4. The van der Waals surface area contributed by atoms with Crippen LogP contribution in [0.5, 0.6) is 0 Å². The Morgan fingerprint density at radius 1 is 0.909 bits per heavy atom. The SMILES string of the molecule is Fc1cnc(Sc2ccc(N3CCN(CCCCc4c[nH]c5ccccc45)CC3)cc2)nc1. The first-order chi connectivity index (χ1) is 16.2. The lowest BCUT2D eigenvalue weighted by Gasteiger charge is -2.36. The van der Waals surface area contributed by atoms with Crippen molar-refractivity contribution in [1.29, 1.82) is 0 Å². The van der Waals surface area contributed by atoms with Gasteiger partial charge in [-0.3, -0.25) is 4.90 Å². The fraction of sp³-hybridized carbons (Fsp3) is 0.308. The van der Waals surface area contributed by atoms with Crippen LogP contribution in [0.25, 0.3) is 10.9 Å². The molecule has 2 aromatic carbocycles. The second-order valence-electron chi connectivity index (χ2n) is 8.43. The molecule has 0 spiro atoms. The second-order valence-corrected chi connectivity index (χ2v) is 9.47. The van der Waals surface area contributed by atoms with E-state index in [1.807, 2.05) is 0 Å². The molecule has 0 bridgehead atoms. The standard InChI is InChI=1S/C26H28FN5S/c27-21-18-29-26(30-19-21)33-23-10-8-22(9-11-23)32-15-13-31(14-16-32)12-4-3-5-20-17-28-25-7-2-1-6-24(20)25/h1-2,6-11,17-19,28H,3-5,12-16H2. The van der Waals surface area contributed by atoms with E-state index >= 15 is 0 Å². The van der Waals surface area contributed by atoms with Gasteiger partial charge < -0.3 is 9.88 Å².